The highest BCUT2D eigenvalue weighted by atomic mass is 15.2. The Morgan fingerprint density at radius 1 is 1.04 bits per heavy atom. The summed E-state index contributed by atoms with van der Waals surface area (Å²) in [6, 6.07) is 14.3. The van der Waals surface area contributed by atoms with Crippen molar-refractivity contribution in [1.82, 2.24) is 0 Å². The van der Waals surface area contributed by atoms with E-state index in [1.807, 2.05) is 0 Å². The topological polar surface area (TPSA) is 3.88 Å². The first-order valence-electron chi connectivity index (χ1n) is 10.2. The Morgan fingerprint density at radius 2 is 1.84 bits per heavy atom. The number of rotatable bonds is 5. The summed E-state index contributed by atoms with van der Waals surface area (Å²) in [6.45, 7) is 12.0. The van der Waals surface area contributed by atoms with E-state index >= 15 is 0 Å². The number of hydrogen-bond donors (Lipinski definition) is 0. The third-order valence-electron chi connectivity index (χ3n) is 7.53. The van der Waals surface area contributed by atoms with Gasteiger partial charge in [-0.05, 0) is 55.9 Å². The van der Waals surface area contributed by atoms with Crippen molar-refractivity contribution in [3.8, 4) is 11.3 Å². The van der Waals surface area contributed by atoms with E-state index in [1.54, 1.807) is 5.56 Å². The second-order valence-corrected chi connectivity index (χ2v) is 8.45. The van der Waals surface area contributed by atoms with Gasteiger partial charge in [0.15, 0.2) is 11.2 Å². The summed E-state index contributed by atoms with van der Waals surface area (Å²) in [7, 11) is 0. The van der Waals surface area contributed by atoms with E-state index in [-0.39, 0.29) is 11.0 Å². The smallest absolute Gasteiger partial charge is 0.188 e. The van der Waals surface area contributed by atoms with Gasteiger partial charge in [-0.1, -0.05) is 39.3 Å². The molecule has 3 atom stereocenters. The Labute approximate surface area is 153 Å². The van der Waals surface area contributed by atoms with Gasteiger partial charge < -0.3 is 0 Å². The summed E-state index contributed by atoms with van der Waals surface area (Å²) in [5.74, 6) is 0.658. The van der Waals surface area contributed by atoms with Crippen molar-refractivity contribution >= 4 is 0 Å². The minimum absolute atomic E-state index is 0.193. The number of benzene rings is 1. The van der Waals surface area contributed by atoms with Gasteiger partial charge >= 0.3 is 0 Å². The van der Waals surface area contributed by atoms with Gasteiger partial charge in [-0.3, -0.25) is 0 Å². The molecule has 2 aliphatic heterocycles. The third kappa shape index (κ3) is 1.93. The molecule has 0 saturated heterocycles. The Balaban J connectivity index is 1.97. The fourth-order valence-electron chi connectivity index (χ4n) is 5.78. The highest BCUT2D eigenvalue weighted by Crippen LogP contribution is 2.58. The number of aromatic nitrogens is 1. The van der Waals surface area contributed by atoms with Crippen LogP contribution in [0.3, 0.4) is 0 Å². The van der Waals surface area contributed by atoms with Crippen LogP contribution in [-0.4, -0.2) is 0 Å². The summed E-state index contributed by atoms with van der Waals surface area (Å²) in [6.07, 6.45) is 6.14. The minimum atomic E-state index is 0.193. The molecule has 25 heavy (non-hydrogen) atoms. The molecule has 3 unspecified atom stereocenters. The first-order valence-corrected chi connectivity index (χ1v) is 10.2. The Hall–Kier alpha value is -1.63. The molecule has 0 spiro atoms. The normalized spacial score (nSPS) is 28.9. The Kier molecular flexibility index (Phi) is 3.83. The van der Waals surface area contributed by atoms with Gasteiger partial charge in [0.2, 0.25) is 5.69 Å². The van der Waals surface area contributed by atoms with E-state index < -0.39 is 0 Å². The van der Waals surface area contributed by atoms with Crippen molar-refractivity contribution in [2.75, 3.05) is 0 Å². The lowest BCUT2D eigenvalue weighted by molar-refractivity contribution is -0.818. The first-order chi connectivity index (χ1) is 12.0. The van der Waals surface area contributed by atoms with Gasteiger partial charge in [-0.2, -0.15) is 4.57 Å². The maximum Gasteiger partial charge on any atom is 0.213 e. The molecular weight excluding hydrogens is 302 g/mol. The van der Waals surface area contributed by atoms with Crippen molar-refractivity contribution in [1.29, 1.82) is 0 Å². The van der Waals surface area contributed by atoms with Crippen molar-refractivity contribution in [3.63, 3.8) is 0 Å². The highest BCUT2D eigenvalue weighted by Gasteiger charge is 2.69. The predicted octanol–water partition coefficient (Wildman–Crippen LogP) is 5.89. The lowest BCUT2D eigenvalue weighted by Crippen LogP contribution is -2.79. The quantitative estimate of drug-likeness (QED) is 0.600. The molecule has 4 rings (SSSR count). The molecule has 0 N–H and O–H groups in total. The number of fused-ring (bicyclic) bond motifs is 2. The molecule has 0 fully saturated rings. The molecule has 2 aliphatic rings. The largest absolute Gasteiger partial charge is 0.213 e. The molecule has 0 saturated carbocycles. The first kappa shape index (κ1) is 16.8. The summed E-state index contributed by atoms with van der Waals surface area (Å²) < 4.78 is 2.68. The molecule has 132 valence electrons. The van der Waals surface area contributed by atoms with Gasteiger partial charge in [0.25, 0.3) is 0 Å². The molecule has 1 nitrogen and oxygen atoms in total. The maximum atomic E-state index is 2.68. The van der Waals surface area contributed by atoms with Crippen molar-refractivity contribution < 1.29 is 4.57 Å². The van der Waals surface area contributed by atoms with Crippen LogP contribution in [0, 0.1) is 0 Å². The Bertz CT molecular complexity index is 821. The third-order valence-corrected chi connectivity index (χ3v) is 7.53. The van der Waals surface area contributed by atoms with Crippen LogP contribution in [-0.2, 0) is 17.4 Å². The maximum absolute atomic E-state index is 2.68. The zero-order valence-electron chi connectivity index (χ0n) is 16.5. The van der Waals surface area contributed by atoms with Crippen LogP contribution < -0.4 is 4.57 Å². The fraction of sp³-hybridized carbons (Fsp3) is 0.542. The molecule has 2 aromatic rings. The van der Waals surface area contributed by atoms with Gasteiger partial charge in [-0.15, -0.1) is 0 Å². The number of unbranched alkanes of at least 4 members (excludes halogenated alkanes) is 1. The zero-order chi connectivity index (χ0) is 17.8. The van der Waals surface area contributed by atoms with Gasteiger partial charge in [0.05, 0.1) is 11.0 Å². The fourth-order valence-corrected chi connectivity index (χ4v) is 5.78. The van der Waals surface area contributed by atoms with E-state index in [0.717, 1.165) is 0 Å². The molecule has 0 bridgehead atoms. The molecule has 0 amide bonds. The van der Waals surface area contributed by atoms with Crippen LogP contribution in [0.4, 0.5) is 0 Å². The summed E-state index contributed by atoms with van der Waals surface area (Å²) in [5.41, 5.74) is 7.89. The number of pyridine rings is 1. The lowest BCUT2D eigenvalue weighted by atomic mass is 9.52. The van der Waals surface area contributed by atoms with Crippen LogP contribution in [0.5, 0.6) is 0 Å². The molecule has 1 heteroatoms. The van der Waals surface area contributed by atoms with Crippen molar-refractivity contribution in [3.05, 3.63) is 53.2 Å². The predicted molar refractivity (Wildman–Crippen MR) is 105 cm³/mol. The van der Waals surface area contributed by atoms with Crippen molar-refractivity contribution in [2.24, 2.45) is 0 Å². The van der Waals surface area contributed by atoms with Crippen molar-refractivity contribution in [2.45, 2.75) is 83.6 Å². The molecule has 1 aromatic carbocycles. The van der Waals surface area contributed by atoms with E-state index in [9.17, 15) is 0 Å². The van der Waals surface area contributed by atoms with E-state index in [0.29, 0.717) is 5.92 Å². The molecule has 3 heterocycles. The van der Waals surface area contributed by atoms with E-state index in [4.69, 9.17) is 0 Å². The van der Waals surface area contributed by atoms with Gasteiger partial charge in [0, 0.05) is 19.1 Å². The minimum Gasteiger partial charge on any atom is -0.188 e. The number of aryl methyl sites for hydroxylation is 1. The second kappa shape index (κ2) is 5.69. The molecule has 0 aliphatic carbocycles. The van der Waals surface area contributed by atoms with Gasteiger partial charge in [-0.25, -0.2) is 0 Å². The molecular formula is C24H32N+. The monoisotopic (exact) mass is 334 g/mol. The number of hydrogen-bond acceptors (Lipinski definition) is 0. The summed E-state index contributed by atoms with van der Waals surface area (Å²) in [4.78, 5) is 0. The summed E-state index contributed by atoms with van der Waals surface area (Å²) in [5, 5.41) is 0. The average molecular weight is 335 g/mol. The van der Waals surface area contributed by atoms with Gasteiger partial charge in [0.1, 0.15) is 5.92 Å². The summed E-state index contributed by atoms with van der Waals surface area (Å²) >= 11 is 0. The van der Waals surface area contributed by atoms with Crippen LogP contribution in [0.15, 0.2) is 36.4 Å². The Morgan fingerprint density at radius 3 is 2.52 bits per heavy atom. The van der Waals surface area contributed by atoms with E-state index in [2.05, 4.69) is 75.6 Å². The lowest BCUT2D eigenvalue weighted by Gasteiger charge is -2.55. The number of nitrogens with zero attached hydrogens (tertiary/aromatic N) is 1. The average Bonchev–Trinajstić information content (AvgIpc) is 2.64. The standard InChI is InChI=1S/C24H32N/c1-6-9-11-17-14-15-20-18(16-17)21-12-10-13-22-19(7-2)24(5,25(21)22)23(20,4)8-3/h10,12-16,19H,6-9,11H2,1-5H3/q+1. The van der Waals surface area contributed by atoms with Crippen LogP contribution in [0.2, 0.25) is 0 Å². The van der Waals surface area contributed by atoms with Crippen LogP contribution >= 0.6 is 0 Å². The zero-order valence-corrected chi connectivity index (χ0v) is 16.5. The SMILES string of the molecule is CCCCc1ccc2c(c1)-c1cccc3[n+]1C(C)(C3CC)C2(C)CC. The highest BCUT2D eigenvalue weighted by molar-refractivity contribution is 5.67. The second-order valence-electron chi connectivity index (χ2n) is 8.45. The van der Waals surface area contributed by atoms with Crippen LogP contribution in [0.25, 0.3) is 11.3 Å². The molecule has 1 aromatic heterocycles. The van der Waals surface area contributed by atoms with Crippen LogP contribution in [0.1, 0.15) is 83.0 Å². The molecule has 0 radical (unpaired) electrons. The van der Waals surface area contributed by atoms with E-state index in [1.165, 1.54) is 54.6 Å².